The van der Waals surface area contributed by atoms with Crippen LogP contribution in [0.1, 0.15) is 18.1 Å². The molecule has 2 aromatic rings. The zero-order valence-corrected chi connectivity index (χ0v) is 12.8. The van der Waals surface area contributed by atoms with E-state index in [4.69, 9.17) is 0 Å². The molecule has 3 rings (SSSR count). The largest absolute Gasteiger partial charge is 0.388 e. The number of allylic oxidation sites excluding steroid dienone is 1. The second-order valence-electron chi connectivity index (χ2n) is 4.60. The Bertz CT molecular complexity index is 720. The second kappa shape index (κ2) is 7.22. The molecule has 1 amide bonds. The van der Waals surface area contributed by atoms with Crippen molar-refractivity contribution in [3.63, 3.8) is 0 Å². The van der Waals surface area contributed by atoms with E-state index in [1.54, 1.807) is 12.3 Å². The highest BCUT2D eigenvalue weighted by Gasteiger charge is 2.23. The van der Waals surface area contributed by atoms with Gasteiger partial charge in [-0.2, -0.15) is 0 Å². The highest BCUT2D eigenvalue weighted by atomic mass is 16.2. The molecule has 0 bridgehead atoms. The number of fused-ring (bicyclic) bond motifs is 1. The number of amides is 1. The molecule has 0 saturated heterocycles. The van der Waals surface area contributed by atoms with E-state index >= 15 is 0 Å². The number of hydrogen-bond donors (Lipinski definition) is 2. The Morgan fingerprint density at radius 1 is 1.23 bits per heavy atom. The van der Waals surface area contributed by atoms with Crippen LogP contribution in [0.3, 0.4) is 0 Å². The highest BCUT2D eigenvalue weighted by molar-refractivity contribution is 6.30. The van der Waals surface area contributed by atoms with E-state index in [0.717, 1.165) is 16.8 Å². The molecule has 1 aliphatic heterocycles. The van der Waals surface area contributed by atoms with E-state index in [-0.39, 0.29) is 5.91 Å². The Kier molecular flexibility index (Phi) is 5.09. The fraction of sp³-hybridized carbons (Fsp3) is 0.111. The summed E-state index contributed by atoms with van der Waals surface area (Å²) < 4.78 is 0. The molecule has 0 spiro atoms. The van der Waals surface area contributed by atoms with Gasteiger partial charge in [-0.15, -0.1) is 0 Å². The van der Waals surface area contributed by atoms with Gasteiger partial charge in [0.05, 0.1) is 0 Å². The molecule has 2 N–H and O–H groups in total. The summed E-state index contributed by atoms with van der Waals surface area (Å²) in [5.74, 6) is 0.599. The van der Waals surface area contributed by atoms with Crippen LogP contribution in [0.4, 0.5) is 11.5 Å². The van der Waals surface area contributed by atoms with E-state index in [0.29, 0.717) is 11.4 Å². The smallest absolute Gasteiger partial charge is 0.257 e. The lowest BCUT2D eigenvalue weighted by Crippen LogP contribution is -2.03. The van der Waals surface area contributed by atoms with Gasteiger partial charge in [-0.05, 0) is 30.7 Å². The van der Waals surface area contributed by atoms with Crippen molar-refractivity contribution in [2.75, 3.05) is 17.7 Å². The van der Waals surface area contributed by atoms with Gasteiger partial charge < -0.3 is 10.6 Å². The minimum absolute atomic E-state index is 0.0637. The Morgan fingerprint density at radius 3 is 2.64 bits per heavy atom. The van der Waals surface area contributed by atoms with Crippen molar-refractivity contribution in [1.82, 2.24) is 4.98 Å². The van der Waals surface area contributed by atoms with Crippen molar-refractivity contribution >= 4 is 29.1 Å². The molecule has 0 atom stereocenters. The van der Waals surface area contributed by atoms with Crippen molar-refractivity contribution in [2.24, 2.45) is 0 Å². The number of hydrogen-bond acceptors (Lipinski definition) is 3. The molecule has 112 valence electrons. The quantitative estimate of drug-likeness (QED) is 0.828. The van der Waals surface area contributed by atoms with E-state index in [9.17, 15) is 4.79 Å². The lowest BCUT2D eigenvalue weighted by molar-refractivity contribution is -0.110. The Balaban J connectivity index is 0.000000164. The maximum absolute atomic E-state index is 11.2. The standard InChI is InChI=1S/C9H8N2O.C9H11N/c1-2-6-7-4-3-5-10-8(7)11-9(6)12;1-3-8-6-4-5-7-9(8)10-2/h2-5H,1H3,(H,10,11,12);3-7,10H,1H2,2H3/b6-2-;. The van der Waals surface area contributed by atoms with Gasteiger partial charge in [-0.3, -0.25) is 4.79 Å². The van der Waals surface area contributed by atoms with Crippen LogP contribution in [0.2, 0.25) is 0 Å². The van der Waals surface area contributed by atoms with Gasteiger partial charge in [0, 0.05) is 30.1 Å². The number of aromatic nitrogens is 1. The van der Waals surface area contributed by atoms with Gasteiger partial charge in [0.15, 0.2) is 0 Å². The molecule has 1 aromatic carbocycles. The van der Waals surface area contributed by atoms with Gasteiger partial charge in [-0.1, -0.05) is 36.9 Å². The molecular formula is C18H19N3O. The summed E-state index contributed by atoms with van der Waals surface area (Å²) in [4.78, 5) is 15.3. The van der Waals surface area contributed by atoms with Gasteiger partial charge in [0.25, 0.3) is 5.91 Å². The highest BCUT2D eigenvalue weighted by Crippen LogP contribution is 2.28. The van der Waals surface area contributed by atoms with Crippen LogP contribution in [0.5, 0.6) is 0 Å². The molecule has 1 aliphatic rings. The Morgan fingerprint density at radius 2 is 2.00 bits per heavy atom. The summed E-state index contributed by atoms with van der Waals surface area (Å²) in [5, 5.41) is 5.76. The molecule has 0 unspecified atom stereocenters. The van der Waals surface area contributed by atoms with Gasteiger partial charge in [-0.25, -0.2) is 4.98 Å². The first-order valence-corrected chi connectivity index (χ1v) is 7.03. The lowest BCUT2D eigenvalue weighted by Gasteiger charge is -2.02. The molecule has 1 aromatic heterocycles. The molecule has 2 heterocycles. The van der Waals surface area contributed by atoms with E-state index in [1.165, 1.54) is 0 Å². The van der Waals surface area contributed by atoms with Crippen LogP contribution in [-0.2, 0) is 4.79 Å². The summed E-state index contributed by atoms with van der Waals surface area (Å²) in [6.45, 7) is 5.54. The minimum atomic E-state index is -0.0637. The zero-order chi connectivity index (χ0) is 15.9. The van der Waals surface area contributed by atoms with Gasteiger partial charge >= 0.3 is 0 Å². The summed E-state index contributed by atoms with van der Waals surface area (Å²) in [7, 11) is 1.91. The third kappa shape index (κ3) is 3.23. The third-order valence-corrected chi connectivity index (χ3v) is 3.31. The Labute approximate surface area is 130 Å². The second-order valence-corrected chi connectivity index (χ2v) is 4.60. The number of para-hydroxylation sites is 1. The van der Waals surface area contributed by atoms with E-state index in [1.807, 2.05) is 56.4 Å². The number of anilines is 2. The van der Waals surface area contributed by atoms with Gasteiger partial charge in [0.2, 0.25) is 0 Å². The van der Waals surface area contributed by atoms with Crippen LogP contribution in [0, 0.1) is 0 Å². The summed E-state index contributed by atoms with van der Waals surface area (Å²) in [5.41, 5.74) is 3.87. The number of benzene rings is 1. The third-order valence-electron chi connectivity index (χ3n) is 3.31. The molecule has 0 fully saturated rings. The van der Waals surface area contributed by atoms with E-state index < -0.39 is 0 Å². The van der Waals surface area contributed by atoms with Crippen LogP contribution >= 0.6 is 0 Å². The Hall–Kier alpha value is -2.88. The number of nitrogens with zero attached hydrogens (tertiary/aromatic N) is 1. The van der Waals surface area contributed by atoms with Crippen molar-refractivity contribution in [3.8, 4) is 0 Å². The summed E-state index contributed by atoms with van der Waals surface area (Å²) in [6.07, 6.45) is 5.30. The van der Waals surface area contributed by atoms with E-state index in [2.05, 4.69) is 22.2 Å². The van der Waals surface area contributed by atoms with Crippen LogP contribution in [-0.4, -0.2) is 17.9 Å². The molecule has 4 heteroatoms. The first-order valence-electron chi connectivity index (χ1n) is 7.03. The maximum Gasteiger partial charge on any atom is 0.257 e. The normalized spacial score (nSPS) is 13.7. The lowest BCUT2D eigenvalue weighted by atomic mass is 10.1. The zero-order valence-electron chi connectivity index (χ0n) is 12.8. The summed E-state index contributed by atoms with van der Waals surface area (Å²) >= 11 is 0. The number of carbonyl (C=O) groups is 1. The van der Waals surface area contributed by atoms with Crippen molar-refractivity contribution < 1.29 is 4.79 Å². The first-order chi connectivity index (χ1) is 10.7. The molecule has 22 heavy (non-hydrogen) atoms. The molecular weight excluding hydrogens is 274 g/mol. The van der Waals surface area contributed by atoms with Crippen molar-refractivity contribution in [1.29, 1.82) is 0 Å². The average molecular weight is 293 g/mol. The maximum atomic E-state index is 11.2. The predicted octanol–water partition coefficient (Wildman–Crippen LogP) is 3.81. The fourth-order valence-electron chi connectivity index (χ4n) is 2.21. The number of carbonyl (C=O) groups excluding carboxylic acids is 1. The molecule has 4 nitrogen and oxygen atoms in total. The average Bonchev–Trinajstić information content (AvgIpc) is 2.90. The van der Waals surface area contributed by atoms with Crippen LogP contribution in [0.15, 0.2) is 55.3 Å². The minimum Gasteiger partial charge on any atom is -0.388 e. The van der Waals surface area contributed by atoms with Crippen molar-refractivity contribution in [3.05, 3.63) is 66.4 Å². The molecule has 0 radical (unpaired) electrons. The molecule has 0 saturated carbocycles. The van der Waals surface area contributed by atoms with Crippen LogP contribution < -0.4 is 10.6 Å². The van der Waals surface area contributed by atoms with Crippen molar-refractivity contribution in [2.45, 2.75) is 6.92 Å². The summed E-state index contributed by atoms with van der Waals surface area (Å²) in [6, 6.07) is 11.8. The fourth-order valence-corrected chi connectivity index (χ4v) is 2.21. The number of nitrogens with one attached hydrogen (secondary N) is 2. The topological polar surface area (TPSA) is 54.0 Å². The first kappa shape index (κ1) is 15.5. The predicted molar refractivity (Wildman–Crippen MR) is 92.6 cm³/mol. The SMILES string of the molecule is C/C=C1\C(=O)Nc2ncccc21.C=Cc1ccccc1NC. The van der Waals surface area contributed by atoms with Crippen LogP contribution in [0.25, 0.3) is 11.6 Å². The van der Waals surface area contributed by atoms with Gasteiger partial charge in [0.1, 0.15) is 5.82 Å². The number of pyridine rings is 1. The molecule has 0 aliphatic carbocycles. The number of rotatable bonds is 2. The monoisotopic (exact) mass is 293 g/mol.